The van der Waals surface area contributed by atoms with Crippen LogP contribution in [0.4, 0.5) is 5.69 Å². The summed E-state index contributed by atoms with van der Waals surface area (Å²) >= 11 is 0. The Labute approximate surface area is 110 Å². The number of rotatable bonds is 8. The van der Waals surface area contributed by atoms with E-state index in [9.17, 15) is 0 Å². The van der Waals surface area contributed by atoms with Crippen LogP contribution in [0.25, 0.3) is 0 Å². The third kappa shape index (κ3) is 4.27. The monoisotopic (exact) mass is 251 g/mol. The average Bonchev–Trinajstić information content (AvgIpc) is 2.40. The van der Waals surface area contributed by atoms with Gasteiger partial charge in [-0.05, 0) is 31.5 Å². The molecule has 1 aromatic heterocycles. The SMILES string of the molecule is CCCNC(CC)c1ccc(N(C)CCO)cn1. The quantitative estimate of drug-likeness (QED) is 0.741. The molecular weight excluding hydrogens is 226 g/mol. The molecule has 1 rings (SSSR count). The lowest BCUT2D eigenvalue weighted by Gasteiger charge is -2.20. The van der Waals surface area contributed by atoms with E-state index in [2.05, 4.69) is 36.3 Å². The first-order chi connectivity index (χ1) is 8.72. The van der Waals surface area contributed by atoms with Crippen molar-refractivity contribution in [3.8, 4) is 0 Å². The minimum Gasteiger partial charge on any atom is -0.395 e. The van der Waals surface area contributed by atoms with Crippen LogP contribution in [-0.4, -0.2) is 36.8 Å². The Hall–Kier alpha value is -1.13. The number of anilines is 1. The second kappa shape index (κ2) is 8.06. The molecule has 1 unspecified atom stereocenters. The number of nitrogens with zero attached hydrogens (tertiary/aromatic N) is 2. The zero-order valence-corrected chi connectivity index (χ0v) is 11.7. The highest BCUT2D eigenvalue weighted by molar-refractivity contribution is 5.43. The summed E-state index contributed by atoms with van der Waals surface area (Å²) < 4.78 is 0. The molecule has 0 spiro atoms. The molecule has 4 heteroatoms. The Morgan fingerprint density at radius 3 is 2.67 bits per heavy atom. The van der Waals surface area contributed by atoms with Crippen molar-refractivity contribution < 1.29 is 5.11 Å². The molecule has 0 aromatic carbocycles. The van der Waals surface area contributed by atoms with Gasteiger partial charge in [0.15, 0.2) is 0 Å². The normalized spacial score (nSPS) is 12.4. The number of likely N-dealkylation sites (N-methyl/N-ethyl adjacent to an activating group) is 1. The number of aromatic nitrogens is 1. The standard InChI is InChI=1S/C14H25N3O/c1-4-8-15-13(5-2)14-7-6-12(11-16-14)17(3)9-10-18/h6-7,11,13,15,18H,4-5,8-10H2,1-3H3. The molecule has 2 N–H and O–H groups in total. The Morgan fingerprint density at radius 1 is 1.39 bits per heavy atom. The highest BCUT2D eigenvalue weighted by Crippen LogP contribution is 2.17. The lowest BCUT2D eigenvalue weighted by molar-refractivity contribution is 0.304. The van der Waals surface area contributed by atoms with Crippen molar-refractivity contribution in [3.63, 3.8) is 0 Å². The summed E-state index contributed by atoms with van der Waals surface area (Å²) in [7, 11) is 1.96. The number of hydrogen-bond donors (Lipinski definition) is 2. The number of aliphatic hydroxyl groups is 1. The molecule has 0 aliphatic heterocycles. The summed E-state index contributed by atoms with van der Waals surface area (Å²) in [6.07, 6.45) is 4.05. The van der Waals surface area contributed by atoms with Gasteiger partial charge in [0.25, 0.3) is 0 Å². The molecule has 4 nitrogen and oxygen atoms in total. The van der Waals surface area contributed by atoms with Gasteiger partial charge < -0.3 is 15.3 Å². The molecular formula is C14H25N3O. The number of pyridine rings is 1. The van der Waals surface area contributed by atoms with Gasteiger partial charge in [-0.15, -0.1) is 0 Å². The van der Waals surface area contributed by atoms with Gasteiger partial charge in [0, 0.05) is 19.6 Å². The molecule has 0 bridgehead atoms. The van der Waals surface area contributed by atoms with Crippen molar-refractivity contribution >= 4 is 5.69 Å². The van der Waals surface area contributed by atoms with Crippen LogP contribution in [0, 0.1) is 0 Å². The molecule has 102 valence electrons. The Kier molecular flexibility index (Phi) is 6.68. The fourth-order valence-electron chi connectivity index (χ4n) is 1.89. The first-order valence-electron chi connectivity index (χ1n) is 6.74. The Balaban J connectivity index is 2.68. The van der Waals surface area contributed by atoms with Gasteiger partial charge >= 0.3 is 0 Å². The molecule has 0 radical (unpaired) electrons. The predicted molar refractivity (Wildman–Crippen MR) is 75.9 cm³/mol. The first-order valence-corrected chi connectivity index (χ1v) is 6.74. The van der Waals surface area contributed by atoms with Gasteiger partial charge in [0.2, 0.25) is 0 Å². The zero-order chi connectivity index (χ0) is 13.4. The van der Waals surface area contributed by atoms with E-state index < -0.39 is 0 Å². The molecule has 0 saturated carbocycles. The minimum atomic E-state index is 0.161. The highest BCUT2D eigenvalue weighted by atomic mass is 16.3. The third-order valence-corrected chi connectivity index (χ3v) is 3.05. The second-order valence-corrected chi connectivity index (χ2v) is 4.50. The van der Waals surface area contributed by atoms with Crippen molar-refractivity contribution in [1.82, 2.24) is 10.3 Å². The van der Waals surface area contributed by atoms with Crippen molar-refractivity contribution in [1.29, 1.82) is 0 Å². The van der Waals surface area contributed by atoms with Gasteiger partial charge in [-0.3, -0.25) is 4.98 Å². The van der Waals surface area contributed by atoms with E-state index in [0.717, 1.165) is 30.8 Å². The van der Waals surface area contributed by atoms with E-state index in [-0.39, 0.29) is 6.61 Å². The zero-order valence-electron chi connectivity index (χ0n) is 11.7. The van der Waals surface area contributed by atoms with E-state index in [1.165, 1.54) is 0 Å². The lowest BCUT2D eigenvalue weighted by atomic mass is 10.1. The Bertz CT molecular complexity index is 326. The van der Waals surface area contributed by atoms with E-state index in [0.29, 0.717) is 12.6 Å². The van der Waals surface area contributed by atoms with Gasteiger partial charge in [0.05, 0.1) is 24.2 Å². The van der Waals surface area contributed by atoms with Crippen LogP contribution >= 0.6 is 0 Å². The summed E-state index contributed by atoms with van der Waals surface area (Å²) in [6, 6.07) is 4.47. The van der Waals surface area contributed by atoms with Crippen LogP contribution in [0.5, 0.6) is 0 Å². The molecule has 0 fully saturated rings. The van der Waals surface area contributed by atoms with Crippen LogP contribution < -0.4 is 10.2 Å². The van der Waals surface area contributed by atoms with E-state index >= 15 is 0 Å². The molecule has 1 aromatic rings. The van der Waals surface area contributed by atoms with Crippen LogP contribution in [0.3, 0.4) is 0 Å². The maximum absolute atomic E-state index is 8.90. The van der Waals surface area contributed by atoms with Crippen LogP contribution in [0.1, 0.15) is 38.4 Å². The fraction of sp³-hybridized carbons (Fsp3) is 0.643. The average molecular weight is 251 g/mol. The molecule has 0 aliphatic carbocycles. The van der Waals surface area contributed by atoms with Crippen LogP contribution in [0.15, 0.2) is 18.3 Å². The number of aliphatic hydroxyl groups excluding tert-OH is 1. The van der Waals surface area contributed by atoms with Gasteiger partial charge in [-0.1, -0.05) is 13.8 Å². The molecule has 18 heavy (non-hydrogen) atoms. The van der Waals surface area contributed by atoms with E-state index in [1.807, 2.05) is 18.1 Å². The Morgan fingerprint density at radius 2 is 2.17 bits per heavy atom. The summed E-state index contributed by atoms with van der Waals surface area (Å²) in [6.45, 7) is 6.15. The molecule has 1 heterocycles. The smallest absolute Gasteiger partial charge is 0.0606 e. The maximum atomic E-state index is 8.90. The molecule has 0 amide bonds. The second-order valence-electron chi connectivity index (χ2n) is 4.50. The number of hydrogen-bond acceptors (Lipinski definition) is 4. The minimum absolute atomic E-state index is 0.161. The first kappa shape index (κ1) is 14.9. The van der Waals surface area contributed by atoms with Crippen LogP contribution in [-0.2, 0) is 0 Å². The van der Waals surface area contributed by atoms with Gasteiger partial charge in [-0.2, -0.15) is 0 Å². The van der Waals surface area contributed by atoms with Gasteiger partial charge in [-0.25, -0.2) is 0 Å². The molecule has 1 atom stereocenters. The summed E-state index contributed by atoms with van der Waals surface area (Å²) in [5.74, 6) is 0. The summed E-state index contributed by atoms with van der Waals surface area (Å²) in [4.78, 5) is 6.52. The molecule has 0 aliphatic rings. The van der Waals surface area contributed by atoms with Gasteiger partial charge in [0.1, 0.15) is 0 Å². The van der Waals surface area contributed by atoms with Crippen molar-refractivity contribution in [2.75, 3.05) is 31.6 Å². The van der Waals surface area contributed by atoms with Crippen molar-refractivity contribution in [2.24, 2.45) is 0 Å². The third-order valence-electron chi connectivity index (χ3n) is 3.05. The number of nitrogens with one attached hydrogen (secondary N) is 1. The van der Waals surface area contributed by atoms with Crippen molar-refractivity contribution in [3.05, 3.63) is 24.0 Å². The fourth-order valence-corrected chi connectivity index (χ4v) is 1.89. The topological polar surface area (TPSA) is 48.4 Å². The largest absolute Gasteiger partial charge is 0.395 e. The molecule has 0 saturated heterocycles. The predicted octanol–water partition coefficient (Wildman–Crippen LogP) is 1.96. The maximum Gasteiger partial charge on any atom is 0.0606 e. The summed E-state index contributed by atoms with van der Waals surface area (Å²) in [5.41, 5.74) is 2.13. The highest BCUT2D eigenvalue weighted by Gasteiger charge is 2.10. The lowest BCUT2D eigenvalue weighted by Crippen LogP contribution is -2.23. The van der Waals surface area contributed by atoms with E-state index in [4.69, 9.17) is 5.11 Å². The van der Waals surface area contributed by atoms with E-state index in [1.54, 1.807) is 0 Å². The summed E-state index contributed by atoms with van der Waals surface area (Å²) in [5, 5.41) is 12.4. The van der Waals surface area contributed by atoms with Crippen LogP contribution in [0.2, 0.25) is 0 Å². The van der Waals surface area contributed by atoms with Crippen molar-refractivity contribution in [2.45, 2.75) is 32.7 Å².